The van der Waals surface area contributed by atoms with Gasteiger partial charge in [-0.2, -0.15) is 0 Å². The first kappa shape index (κ1) is 21.5. The second-order valence-electron chi connectivity index (χ2n) is 9.64. The monoisotopic (exact) mass is 449 g/mol. The molecule has 0 saturated carbocycles. The first-order chi connectivity index (χ1) is 15.5. The molecule has 2 aromatic rings. The van der Waals surface area contributed by atoms with E-state index >= 15 is 0 Å². The van der Waals surface area contributed by atoms with E-state index in [9.17, 15) is 14.7 Å². The number of ether oxygens (including phenoxy) is 3. The maximum atomic E-state index is 13.0. The summed E-state index contributed by atoms with van der Waals surface area (Å²) < 4.78 is 17.6. The highest BCUT2D eigenvalue weighted by molar-refractivity contribution is 6.03. The zero-order chi connectivity index (χ0) is 23.9. The van der Waals surface area contributed by atoms with Crippen molar-refractivity contribution in [2.75, 3.05) is 7.11 Å². The third-order valence-electron chi connectivity index (χ3n) is 7.18. The van der Waals surface area contributed by atoms with Gasteiger partial charge in [-0.1, -0.05) is 18.2 Å². The summed E-state index contributed by atoms with van der Waals surface area (Å²) in [5, 5.41) is 13.7. The van der Waals surface area contributed by atoms with Crippen LogP contribution in [0.4, 0.5) is 0 Å². The highest BCUT2D eigenvalue weighted by Gasteiger charge is 2.51. The Morgan fingerprint density at radius 1 is 1.30 bits per heavy atom. The Morgan fingerprint density at radius 3 is 2.67 bits per heavy atom. The minimum absolute atomic E-state index is 0.275. The Labute approximate surface area is 192 Å². The van der Waals surface area contributed by atoms with Crippen molar-refractivity contribution >= 4 is 11.9 Å². The van der Waals surface area contributed by atoms with E-state index in [0.29, 0.717) is 40.4 Å². The molecule has 3 heterocycles. The number of hydrogen-bond acceptors (Lipinski definition) is 6. The molecule has 2 N–H and O–H groups in total. The fourth-order valence-corrected chi connectivity index (χ4v) is 5.23. The molecule has 5 rings (SSSR count). The third kappa shape index (κ3) is 2.78. The lowest BCUT2D eigenvalue weighted by atomic mass is 9.77. The molecule has 1 amide bonds. The number of rotatable bonds is 4. The Bertz CT molecular complexity index is 1240. The predicted octanol–water partition coefficient (Wildman–Crippen LogP) is 3.27. The highest BCUT2D eigenvalue weighted by atomic mass is 16.5. The SMILES string of the molecule is C=C[C@@]1(C)C(=O)Oc2c([C@H]3NC(=O)c4c(OC)cccc43)c3c(c(C)c21)C[C@H](C(C)(C)O)O3. The summed E-state index contributed by atoms with van der Waals surface area (Å²) in [5.41, 5.74) is 2.11. The number of amides is 1. The molecule has 0 fully saturated rings. The molecular formula is C26H27NO6. The number of carbonyl (C=O) groups excluding carboxylic acids is 2. The van der Waals surface area contributed by atoms with Gasteiger partial charge in [0.05, 0.1) is 29.9 Å². The predicted molar refractivity (Wildman–Crippen MR) is 121 cm³/mol. The van der Waals surface area contributed by atoms with Gasteiger partial charge in [-0.25, -0.2) is 0 Å². The second-order valence-corrected chi connectivity index (χ2v) is 9.64. The summed E-state index contributed by atoms with van der Waals surface area (Å²) in [5.74, 6) is 0.700. The topological polar surface area (TPSA) is 94.1 Å². The molecule has 3 aliphatic heterocycles. The van der Waals surface area contributed by atoms with Crippen LogP contribution in [0.25, 0.3) is 0 Å². The molecule has 7 heteroatoms. The normalized spacial score (nSPS) is 25.0. The molecule has 2 aromatic carbocycles. The molecule has 7 nitrogen and oxygen atoms in total. The second kappa shape index (κ2) is 6.84. The van der Waals surface area contributed by atoms with Crippen LogP contribution >= 0.6 is 0 Å². The maximum Gasteiger partial charge on any atom is 0.325 e. The van der Waals surface area contributed by atoms with E-state index in [4.69, 9.17) is 14.2 Å². The first-order valence-corrected chi connectivity index (χ1v) is 10.9. The zero-order valence-electron chi connectivity index (χ0n) is 19.4. The fourth-order valence-electron chi connectivity index (χ4n) is 5.23. The maximum absolute atomic E-state index is 13.0. The van der Waals surface area contributed by atoms with Gasteiger partial charge in [0.25, 0.3) is 5.91 Å². The van der Waals surface area contributed by atoms with Crippen molar-refractivity contribution in [3.05, 3.63) is 64.2 Å². The molecule has 0 spiro atoms. The minimum Gasteiger partial charge on any atom is -0.496 e. The molecule has 0 aromatic heterocycles. The summed E-state index contributed by atoms with van der Waals surface area (Å²) in [7, 11) is 1.52. The van der Waals surface area contributed by atoms with Crippen LogP contribution < -0.4 is 19.5 Å². The largest absolute Gasteiger partial charge is 0.496 e. The molecular weight excluding hydrogens is 422 g/mol. The van der Waals surface area contributed by atoms with Crippen molar-refractivity contribution in [1.82, 2.24) is 5.32 Å². The van der Waals surface area contributed by atoms with Gasteiger partial charge >= 0.3 is 5.97 Å². The van der Waals surface area contributed by atoms with E-state index in [1.54, 1.807) is 32.9 Å². The van der Waals surface area contributed by atoms with Crippen molar-refractivity contribution < 1.29 is 28.9 Å². The van der Waals surface area contributed by atoms with E-state index in [2.05, 4.69) is 11.9 Å². The molecule has 0 unspecified atom stereocenters. The molecule has 0 radical (unpaired) electrons. The van der Waals surface area contributed by atoms with E-state index in [-0.39, 0.29) is 5.91 Å². The molecule has 33 heavy (non-hydrogen) atoms. The number of hydrogen-bond donors (Lipinski definition) is 2. The van der Waals surface area contributed by atoms with E-state index < -0.39 is 29.1 Å². The summed E-state index contributed by atoms with van der Waals surface area (Å²) in [6.07, 6.45) is 1.58. The van der Waals surface area contributed by atoms with Crippen LogP contribution in [-0.2, 0) is 16.6 Å². The number of fused-ring (bicyclic) bond motifs is 3. The summed E-state index contributed by atoms with van der Waals surface area (Å²) in [6.45, 7) is 11.0. The quantitative estimate of drug-likeness (QED) is 0.423. The van der Waals surface area contributed by atoms with Gasteiger partial charge in [0.1, 0.15) is 28.8 Å². The lowest BCUT2D eigenvalue weighted by molar-refractivity contribution is -0.136. The van der Waals surface area contributed by atoms with E-state index in [1.165, 1.54) is 7.11 Å². The molecule has 3 aliphatic rings. The van der Waals surface area contributed by atoms with Crippen LogP contribution in [0.3, 0.4) is 0 Å². The summed E-state index contributed by atoms with van der Waals surface area (Å²) >= 11 is 0. The summed E-state index contributed by atoms with van der Waals surface area (Å²) in [6, 6.07) is 4.80. The number of carbonyl (C=O) groups is 2. The number of aliphatic hydroxyl groups is 1. The van der Waals surface area contributed by atoms with Crippen LogP contribution in [0.1, 0.15) is 65.0 Å². The van der Waals surface area contributed by atoms with Gasteiger partial charge in [0.15, 0.2) is 0 Å². The van der Waals surface area contributed by atoms with E-state index in [0.717, 1.165) is 16.7 Å². The molecule has 172 valence electrons. The van der Waals surface area contributed by atoms with Crippen molar-refractivity contribution in [3.8, 4) is 17.2 Å². The molecule has 0 saturated heterocycles. The number of benzene rings is 2. The molecule has 0 aliphatic carbocycles. The van der Waals surface area contributed by atoms with E-state index in [1.807, 2.05) is 19.1 Å². The van der Waals surface area contributed by atoms with Gasteiger partial charge in [-0.05, 0) is 44.9 Å². The van der Waals surface area contributed by atoms with Crippen molar-refractivity contribution in [2.24, 2.45) is 0 Å². The number of nitrogens with one attached hydrogen (secondary N) is 1. The van der Waals surface area contributed by atoms with Crippen LogP contribution in [0.2, 0.25) is 0 Å². The Morgan fingerprint density at radius 2 is 2.03 bits per heavy atom. The standard InChI is InChI=1S/C26H27NO6/c1-7-26(5)19-12(2)14-11-16(25(3,4)30)32-21(14)18(22(19)33-24(26)29)20-13-9-8-10-15(31-6)17(13)23(28)27-20/h7-10,16,20,30H,1,11H2,2-6H3,(H,27,28)/t16-,20+,26-/m1/s1. The highest BCUT2D eigenvalue weighted by Crippen LogP contribution is 2.56. The van der Waals surface area contributed by atoms with Gasteiger partial charge in [0.2, 0.25) is 0 Å². The Balaban J connectivity index is 1.81. The van der Waals surface area contributed by atoms with Gasteiger partial charge < -0.3 is 24.6 Å². The Kier molecular flexibility index (Phi) is 4.46. The van der Waals surface area contributed by atoms with Crippen molar-refractivity contribution in [1.29, 1.82) is 0 Å². The third-order valence-corrected chi connectivity index (χ3v) is 7.18. The zero-order valence-corrected chi connectivity index (χ0v) is 19.4. The van der Waals surface area contributed by atoms with Gasteiger partial charge in [-0.3, -0.25) is 9.59 Å². The number of methoxy groups -OCH3 is 1. The van der Waals surface area contributed by atoms with Gasteiger partial charge in [0, 0.05) is 17.5 Å². The van der Waals surface area contributed by atoms with Gasteiger partial charge in [-0.15, -0.1) is 6.58 Å². The fraction of sp³-hybridized carbons (Fsp3) is 0.385. The molecule has 3 atom stereocenters. The van der Waals surface area contributed by atoms with Crippen molar-refractivity contribution in [2.45, 2.75) is 57.3 Å². The minimum atomic E-state index is -1.09. The van der Waals surface area contributed by atoms with Crippen LogP contribution in [0, 0.1) is 6.92 Å². The molecule has 0 bridgehead atoms. The average Bonchev–Trinajstić information content (AvgIpc) is 3.43. The van der Waals surface area contributed by atoms with Crippen LogP contribution in [0.15, 0.2) is 30.9 Å². The van der Waals surface area contributed by atoms with Crippen molar-refractivity contribution in [3.63, 3.8) is 0 Å². The lowest BCUT2D eigenvalue weighted by Gasteiger charge is -2.26. The van der Waals surface area contributed by atoms with Crippen LogP contribution in [-0.4, -0.2) is 35.8 Å². The Hall–Kier alpha value is -3.32. The lowest BCUT2D eigenvalue weighted by Crippen LogP contribution is -2.39. The number of esters is 1. The first-order valence-electron chi connectivity index (χ1n) is 10.9. The smallest absolute Gasteiger partial charge is 0.325 e. The van der Waals surface area contributed by atoms with Crippen LogP contribution in [0.5, 0.6) is 17.2 Å². The average molecular weight is 450 g/mol. The summed E-state index contributed by atoms with van der Waals surface area (Å²) in [4.78, 5) is 26.0.